The Morgan fingerprint density at radius 3 is 1.73 bits per heavy atom. The topological polar surface area (TPSA) is 50.7 Å². The van der Waals surface area contributed by atoms with Crippen LogP contribution in [0.4, 0.5) is 5.95 Å². The summed E-state index contributed by atoms with van der Waals surface area (Å²) >= 11 is 34.8. The Balaban J connectivity index is 2.99. The minimum Gasteiger partial charge on any atom is -0.348 e. The molecular weight excluding hydrogens is 415 g/mol. The zero-order valence-electron chi connectivity index (χ0n) is 12.2. The van der Waals surface area contributed by atoms with Crippen molar-refractivity contribution in [1.29, 1.82) is 0 Å². The smallest absolute Gasteiger partial charge is 0.250 e. The summed E-state index contributed by atoms with van der Waals surface area (Å²) in [6.07, 6.45) is 0. The summed E-state index contributed by atoms with van der Waals surface area (Å²) in [4.78, 5) is 12.0. The quantitative estimate of drug-likeness (QED) is 0.566. The van der Waals surface area contributed by atoms with Gasteiger partial charge in [0.2, 0.25) is 13.5 Å². The molecule has 0 bridgehead atoms. The zero-order chi connectivity index (χ0) is 17.2. The standard InChI is InChI=1S/C11H16Cl6N5/c1-4-22(2,3)6-5-18-9-20-7(10(12,13)14)19-8(21-9)11(15,16)17/h4-6H2,1-3H3,(H,18,19,20,21)/q+1. The maximum absolute atomic E-state index is 5.80. The highest BCUT2D eigenvalue weighted by atomic mass is 35.6. The lowest BCUT2D eigenvalue weighted by Gasteiger charge is -2.28. The molecular formula is C11H16Cl6N5+. The Kier molecular flexibility index (Phi) is 7.10. The number of nitrogens with one attached hydrogen (secondary N) is 1. The minimum atomic E-state index is -1.84. The number of hydrogen-bond donors (Lipinski definition) is 1. The van der Waals surface area contributed by atoms with Gasteiger partial charge in [-0.3, -0.25) is 0 Å². The van der Waals surface area contributed by atoms with E-state index >= 15 is 0 Å². The van der Waals surface area contributed by atoms with E-state index in [0.717, 1.165) is 17.6 Å². The van der Waals surface area contributed by atoms with Crippen molar-refractivity contribution in [2.45, 2.75) is 14.5 Å². The first-order chi connectivity index (χ1) is 9.85. The van der Waals surface area contributed by atoms with Crippen LogP contribution in [0.5, 0.6) is 0 Å². The van der Waals surface area contributed by atoms with Crippen LogP contribution in [0.2, 0.25) is 0 Å². The van der Waals surface area contributed by atoms with E-state index in [2.05, 4.69) is 41.3 Å². The van der Waals surface area contributed by atoms with Gasteiger partial charge in [-0.15, -0.1) is 0 Å². The third-order valence-corrected chi connectivity index (χ3v) is 4.01. The second kappa shape index (κ2) is 7.60. The molecule has 126 valence electrons. The van der Waals surface area contributed by atoms with Crippen molar-refractivity contribution in [2.75, 3.05) is 39.0 Å². The molecule has 0 unspecified atom stereocenters. The molecule has 0 aliphatic carbocycles. The second-order valence-electron chi connectivity index (χ2n) is 5.20. The molecule has 0 amide bonds. The van der Waals surface area contributed by atoms with Crippen LogP contribution in [-0.2, 0) is 7.59 Å². The summed E-state index contributed by atoms with van der Waals surface area (Å²) < 4.78 is -2.86. The van der Waals surface area contributed by atoms with Crippen LogP contribution < -0.4 is 5.32 Å². The van der Waals surface area contributed by atoms with E-state index in [1.807, 2.05) is 0 Å². The fourth-order valence-electron chi connectivity index (χ4n) is 1.34. The molecule has 1 heterocycles. The molecule has 1 rings (SSSR count). The minimum absolute atomic E-state index is 0.111. The molecule has 0 radical (unpaired) electrons. The van der Waals surface area contributed by atoms with Crippen molar-refractivity contribution >= 4 is 75.6 Å². The normalized spacial score (nSPS) is 13.3. The molecule has 0 spiro atoms. The maximum atomic E-state index is 5.80. The summed E-state index contributed by atoms with van der Waals surface area (Å²) in [5.74, 6) is -0.0325. The van der Waals surface area contributed by atoms with Gasteiger partial charge in [0.25, 0.3) is 0 Å². The van der Waals surface area contributed by atoms with Crippen molar-refractivity contribution in [2.24, 2.45) is 0 Å². The molecule has 0 aliphatic heterocycles. The van der Waals surface area contributed by atoms with Crippen LogP contribution >= 0.6 is 69.6 Å². The number of nitrogens with zero attached hydrogens (tertiary/aromatic N) is 4. The summed E-state index contributed by atoms with van der Waals surface area (Å²) in [6, 6.07) is 0. The predicted molar refractivity (Wildman–Crippen MR) is 94.3 cm³/mol. The Morgan fingerprint density at radius 2 is 1.36 bits per heavy atom. The molecule has 0 saturated carbocycles. The van der Waals surface area contributed by atoms with E-state index in [4.69, 9.17) is 69.6 Å². The van der Waals surface area contributed by atoms with Crippen LogP contribution in [0.15, 0.2) is 0 Å². The average Bonchev–Trinajstić information content (AvgIpc) is 2.36. The fraction of sp³-hybridized carbons (Fsp3) is 0.727. The Morgan fingerprint density at radius 1 is 0.909 bits per heavy atom. The van der Waals surface area contributed by atoms with Gasteiger partial charge in [0.1, 0.15) is 0 Å². The van der Waals surface area contributed by atoms with Crippen LogP contribution in [0.1, 0.15) is 18.6 Å². The van der Waals surface area contributed by atoms with Gasteiger partial charge in [-0.1, -0.05) is 69.6 Å². The van der Waals surface area contributed by atoms with Gasteiger partial charge in [0, 0.05) is 0 Å². The van der Waals surface area contributed by atoms with E-state index < -0.39 is 7.59 Å². The summed E-state index contributed by atoms with van der Waals surface area (Å²) in [7, 11) is 4.21. The molecule has 5 nitrogen and oxygen atoms in total. The van der Waals surface area contributed by atoms with Crippen molar-refractivity contribution < 1.29 is 4.48 Å². The number of likely N-dealkylation sites (N-methyl/N-ethyl adjacent to an activating group) is 1. The Hall–Kier alpha value is 0.510. The molecule has 1 aromatic heterocycles. The molecule has 11 heteroatoms. The number of quaternary nitrogens is 1. The third kappa shape index (κ3) is 6.56. The lowest BCUT2D eigenvalue weighted by atomic mass is 10.4. The number of anilines is 1. The molecule has 1 aromatic rings. The maximum Gasteiger partial charge on any atom is 0.250 e. The largest absolute Gasteiger partial charge is 0.348 e. The van der Waals surface area contributed by atoms with Crippen LogP contribution in [-0.4, -0.2) is 53.2 Å². The van der Waals surface area contributed by atoms with Gasteiger partial charge < -0.3 is 9.80 Å². The zero-order valence-corrected chi connectivity index (χ0v) is 16.7. The highest BCUT2D eigenvalue weighted by Crippen LogP contribution is 2.40. The average molecular weight is 431 g/mol. The third-order valence-electron chi connectivity index (χ3n) is 3.00. The monoisotopic (exact) mass is 428 g/mol. The lowest BCUT2D eigenvalue weighted by Crippen LogP contribution is -2.42. The van der Waals surface area contributed by atoms with E-state index in [9.17, 15) is 0 Å². The van der Waals surface area contributed by atoms with Gasteiger partial charge >= 0.3 is 0 Å². The fourth-order valence-corrected chi connectivity index (χ4v) is 1.84. The summed E-state index contributed by atoms with van der Waals surface area (Å²) in [6.45, 7) is 4.53. The van der Waals surface area contributed by atoms with Crippen LogP contribution in [0, 0.1) is 0 Å². The van der Waals surface area contributed by atoms with E-state index in [1.54, 1.807) is 0 Å². The molecule has 0 saturated heterocycles. The first-order valence-corrected chi connectivity index (χ1v) is 8.58. The second-order valence-corrected chi connectivity index (χ2v) is 9.77. The Bertz CT molecular complexity index is 478. The SMILES string of the molecule is CC[N+](C)(C)CCNc1nc(C(Cl)(Cl)Cl)nc(C(Cl)(Cl)Cl)n1. The number of alkyl halides is 6. The van der Waals surface area contributed by atoms with Crippen molar-refractivity contribution in [3.8, 4) is 0 Å². The molecule has 0 atom stereocenters. The van der Waals surface area contributed by atoms with Gasteiger partial charge in [-0.2, -0.15) is 9.97 Å². The first kappa shape index (κ1) is 20.6. The molecule has 0 aliphatic rings. The lowest BCUT2D eigenvalue weighted by molar-refractivity contribution is -0.886. The highest BCUT2D eigenvalue weighted by Gasteiger charge is 2.33. The van der Waals surface area contributed by atoms with Crippen LogP contribution in [0.25, 0.3) is 0 Å². The molecule has 22 heavy (non-hydrogen) atoms. The summed E-state index contributed by atoms with van der Waals surface area (Å²) in [5, 5.41) is 3.03. The predicted octanol–water partition coefficient (Wildman–Crippen LogP) is 4.03. The van der Waals surface area contributed by atoms with E-state index in [1.165, 1.54) is 0 Å². The van der Waals surface area contributed by atoms with E-state index in [0.29, 0.717) is 6.54 Å². The van der Waals surface area contributed by atoms with E-state index in [-0.39, 0.29) is 17.6 Å². The summed E-state index contributed by atoms with van der Waals surface area (Å²) in [5.41, 5.74) is 0. The molecule has 0 fully saturated rings. The van der Waals surface area contributed by atoms with Crippen LogP contribution in [0.3, 0.4) is 0 Å². The molecule has 1 N–H and O–H groups in total. The van der Waals surface area contributed by atoms with Crippen molar-refractivity contribution in [1.82, 2.24) is 15.0 Å². The number of hydrogen-bond acceptors (Lipinski definition) is 4. The van der Waals surface area contributed by atoms with Crippen molar-refractivity contribution in [3.63, 3.8) is 0 Å². The number of aromatic nitrogens is 3. The van der Waals surface area contributed by atoms with Gasteiger partial charge in [0.15, 0.2) is 11.6 Å². The first-order valence-electron chi connectivity index (χ1n) is 6.31. The number of rotatable bonds is 5. The number of halogens is 6. The molecule has 0 aromatic carbocycles. The Labute approximate surface area is 159 Å². The van der Waals surface area contributed by atoms with Gasteiger partial charge in [0.05, 0.1) is 33.7 Å². The van der Waals surface area contributed by atoms with Crippen molar-refractivity contribution in [3.05, 3.63) is 11.6 Å². The van der Waals surface area contributed by atoms with Gasteiger partial charge in [-0.05, 0) is 6.92 Å². The highest BCUT2D eigenvalue weighted by molar-refractivity contribution is 6.67. The van der Waals surface area contributed by atoms with Gasteiger partial charge in [-0.25, -0.2) is 4.98 Å².